The van der Waals surface area contributed by atoms with Gasteiger partial charge in [0.1, 0.15) is 11.7 Å². The molecule has 0 radical (unpaired) electrons. The molecule has 3 N–H and O–H groups in total. The van der Waals surface area contributed by atoms with Crippen molar-refractivity contribution in [3.05, 3.63) is 22.9 Å². The molecule has 1 unspecified atom stereocenters. The third-order valence-corrected chi connectivity index (χ3v) is 4.91. The molecule has 21 heavy (non-hydrogen) atoms. The van der Waals surface area contributed by atoms with Crippen LogP contribution in [-0.2, 0) is 12.8 Å². The first kappa shape index (κ1) is 14.4. The molecule has 0 spiro atoms. The van der Waals surface area contributed by atoms with Crippen molar-refractivity contribution in [3.8, 4) is 0 Å². The minimum absolute atomic E-state index is 0.153. The maximum Gasteiger partial charge on any atom is 0.140 e. The van der Waals surface area contributed by atoms with Gasteiger partial charge in [-0.15, -0.1) is 0 Å². The number of pyridine rings is 1. The van der Waals surface area contributed by atoms with Gasteiger partial charge < -0.3 is 10.6 Å². The molecule has 0 amide bonds. The number of nitrogen functional groups attached to an aromatic ring is 1. The van der Waals surface area contributed by atoms with E-state index >= 15 is 0 Å². The molecule has 1 aromatic rings. The van der Waals surface area contributed by atoms with E-state index in [0.29, 0.717) is 12.0 Å². The number of aryl methyl sites for hydroxylation is 2. The Labute approximate surface area is 127 Å². The summed E-state index contributed by atoms with van der Waals surface area (Å²) in [5.74, 6) is 1.71. The molecule has 2 aliphatic rings. The van der Waals surface area contributed by atoms with Crippen molar-refractivity contribution in [1.82, 2.24) is 4.98 Å². The van der Waals surface area contributed by atoms with Crippen molar-refractivity contribution in [1.29, 1.82) is 5.41 Å². The summed E-state index contributed by atoms with van der Waals surface area (Å²) >= 11 is 0. The van der Waals surface area contributed by atoms with Gasteiger partial charge in [0, 0.05) is 18.3 Å². The van der Waals surface area contributed by atoms with Crippen LogP contribution < -0.4 is 10.6 Å². The monoisotopic (exact) mass is 286 g/mol. The fourth-order valence-corrected chi connectivity index (χ4v) is 3.79. The van der Waals surface area contributed by atoms with Crippen LogP contribution in [0, 0.1) is 11.3 Å². The van der Waals surface area contributed by atoms with E-state index in [1.807, 2.05) is 0 Å². The summed E-state index contributed by atoms with van der Waals surface area (Å²) in [6.07, 6.45) is 7.03. The molecule has 114 valence electrons. The lowest BCUT2D eigenvalue weighted by atomic mass is 9.94. The summed E-state index contributed by atoms with van der Waals surface area (Å²) in [6, 6.07) is 2.66. The molecule has 0 saturated carbocycles. The number of nitrogens with one attached hydrogen (secondary N) is 1. The molecule has 1 aliphatic heterocycles. The van der Waals surface area contributed by atoms with E-state index in [1.54, 1.807) is 0 Å². The summed E-state index contributed by atoms with van der Waals surface area (Å²) in [7, 11) is 0. The Morgan fingerprint density at radius 2 is 2.10 bits per heavy atom. The maximum atomic E-state index is 7.94. The number of fused-ring (bicyclic) bond motifs is 1. The standard InChI is InChI=1S/C17H26N4/c1-11(2)15-8-5-9-21(15)17-13(16(18)19)10-12-6-3-4-7-14(12)20-17/h10-11,15H,3-9H2,1-2H3,(H3,18,19). The van der Waals surface area contributed by atoms with Crippen molar-refractivity contribution in [3.63, 3.8) is 0 Å². The van der Waals surface area contributed by atoms with Gasteiger partial charge in [-0.05, 0) is 56.1 Å². The number of aromatic nitrogens is 1. The smallest absolute Gasteiger partial charge is 0.140 e. The molecule has 3 rings (SSSR count). The van der Waals surface area contributed by atoms with Crippen LogP contribution >= 0.6 is 0 Å². The van der Waals surface area contributed by atoms with Gasteiger partial charge in [-0.1, -0.05) is 13.8 Å². The molecule has 4 nitrogen and oxygen atoms in total. The van der Waals surface area contributed by atoms with Crippen LogP contribution in [0.3, 0.4) is 0 Å². The second-order valence-corrected chi connectivity index (χ2v) is 6.73. The number of hydrogen-bond donors (Lipinski definition) is 2. The van der Waals surface area contributed by atoms with Crippen LogP contribution in [0.2, 0.25) is 0 Å². The minimum atomic E-state index is 0.153. The van der Waals surface area contributed by atoms with Crippen LogP contribution in [0.4, 0.5) is 5.82 Å². The molecular weight excluding hydrogens is 260 g/mol. The number of nitrogens with zero attached hydrogens (tertiary/aromatic N) is 2. The highest BCUT2D eigenvalue weighted by molar-refractivity contribution is 6.00. The predicted molar refractivity (Wildman–Crippen MR) is 87.1 cm³/mol. The van der Waals surface area contributed by atoms with Gasteiger partial charge in [0.15, 0.2) is 0 Å². The summed E-state index contributed by atoms with van der Waals surface area (Å²) < 4.78 is 0. The van der Waals surface area contributed by atoms with Crippen LogP contribution in [0.15, 0.2) is 6.07 Å². The maximum absolute atomic E-state index is 7.94. The topological polar surface area (TPSA) is 66.0 Å². The number of nitrogens with two attached hydrogens (primary N) is 1. The largest absolute Gasteiger partial charge is 0.384 e. The summed E-state index contributed by atoms with van der Waals surface area (Å²) in [6.45, 7) is 5.58. The first-order valence-electron chi connectivity index (χ1n) is 8.21. The average Bonchev–Trinajstić information content (AvgIpc) is 2.95. The second-order valence-electron chi connectivity index (χ2n) is 6.73. The second kappa shape index (κ2) is 5.66. The van der Waals surface area contributed by atoms with Gasteiger partial charge in [-0.25, -0.2) is 4.98 Å². The fraction of sp³-hybridized carbons (Fsp3) is 0.647. The van der Waals surface area contributed by atoms with E-state index in [0.717, 1.165) is 30.8 Å². The van der Waals surface area contributed by atoms with E-state index in [-0.39, 0.29) is 5.84 Å². The van der Waals surface area contributed by atoms with E-state index in [9.17, 15) is 0 Å². The van der Waals surface area contributed by atoms with E-state index in [2.05, 4.69) is 24.8 Å². The fourth-order valence-electron chi connectivity index (χ4n) is 3.79. The highest BCUT2D eigenvalue weighted by Crippen LogP contribution is 2.33. The van der Waals surface area contributed by atoms with Crippen LogP contribution in [-0.4, -0.2) is 23.4 Å². The lowest BCUT2D eigenvalue weighted by molar-refractivity contribution is 0.489. The Kier molecular flexibility index (Phi) is 3.87. The molecule has 0 bridgehead atoms. The van der Waals surface area contributed by atoms with Gasteiger partial charge in [-0.3, -0.25) is 5.41 Å². The number of rotatable bonds is 3. The molecule has 0 aromatic carbocycles. The molecule has 2 heterocycles. The van der Waals surface area contributed by atoms with Crippen molar-refractivity contribution in [2.45, 2.75) is 58.4 Å². The van der Waals surface area contributed by atoms with Gasteiger partial charge in [-0.2, -0.15) is 0 Å². The summed E-state index contributed by atoms with van der Waals surface area (Å²) in [5.41, 5.74) is 9.22. The average molecular weight is 286 g/mol. The van der Waals surface area contributed by atoms with Crippen molar-refractivity contribution < 1.29 is 0 Å². The van der Waals surface area contributed by atoms with Gasteiger partial charge >= 0.3 is 0 Å². The van der Waals surface area contributed by atoms with Crippen LogP contribution in [0.5, 0.6) is 0 Å². The normalized spacial score (nSPS) is 21.7. The zero-order chi connectivity index (χ0) is 15.0. The lowest BCUT2D eigenvalue weighted by Gasteiger charge is -2.31. The minimum Gasteiger partial charge on any atom is -0.384 e. The molecular formula is C17H26N4. The molecule has 1 atom stereocenters. The number of anilines is 1. The van der Waals surface area contributed by atoms with Crippen molar-refractivity contribution >= 4 is 11.7 Å². The van der Waals surface area contributed by atoms with Gasteiger partial charge in [0.2, 0.25) is 0 Å². The van der Waals surface area contributed by atoms with E-state index in [1.165, 1.54) is 36.9 Å². The first-order valence-corrected chi connectivity index (χ1v) is 8.21. The molecule has 1 fully saturated rings. The summed E-state index contributed by atoms with van der Waals surface area (Å²) in [4.78, 5) is 7.35. The zero-order valence-corrected chi connectivity index (χ0v) is 13.2. The Bertz CT molecular complexity index is 550. The third-order valence-electron chi connectivity index (χ3n) is 4.91. The van der Waals surface area contributed by atoms with Gasteiger partial charge in [0.05, 0.1) is 5.56 Å². The Hall–Kier alpha value is -1.58. The van der Waals surface area contributed by atoms with Crippen molar-refractivity contribution in [2.24, 2.45) is 11.7 Å². The first-order chi connectivity index (χ1) is 10.1. The van der Waals surface area contributed by atoms with Crippen LogP contribution in [0.1, 0.15) is 56.4 Å². The van der Waals surface area contributed by atoms with E-state index < -0.39 is 0 Å². The van der Waals surface area contributed by atoms with Crippen molar-refractivity contribution in [2.75, 3.05) is 11.4 Å². The number of hydrogen-bond acceptors (Lipinski definition) is 3. The molecule has 4 heteroatoms. The highest BCUT2D eigenvalue weighted by Gasteiger charge is 2.31. The van der Waals surface area contributed by atoms with E-state index in [4.69, 9.17) is 16.1 Å². The summed E-state index contributed by atoms with van der Waals surface area (Å²) in [5, 5.41) is 7.94. The SMILES string of the molecule is CC(C)C1CCCN1c1nc2c(cc1C(=N)N)CCCC2. The van der Waals surface area contributed by atoms with Crippen LogP contribution in [0.25, 0.3) is 0 Å². The Balaban J connectivity index is 2.05. The molecule has 1 saturated heterocycles. The highest BCUT2D eigenvalue weighted by atomic mass is 15.2. The molecule has 1 aromatic heterocycles. The Morgan fingerprint density at radius 3 is 2.81 bits per heavy atom. The molecule has 1 aliphatic carbocycles. The quantitative estimate of drug-likeness (QED) is 0.663. The third kappa shape index (κ3) is 2.63. The van der Waals surface area contributed by atoms with Gasteiger partial charge in [0.25, 0.3) is 0 Å². The zero-order valence-electron chi connectivity index (χ0n) is 13.2. The Morgan fingerprint density at radius 1 is 1.33 bits per heavy atom. The number of amidine groups is 1. The predicted octanol–water partition coefficient (Wildman–Crippen LogP) is 2.87. The lowest BCUT2D eigenvalue weighted by Crippen LogP contribution is -2.36.